The lowest BCUT2D eigenvalue weighted by molar-refractivity contribution is 0.0680. The van der Waals surface area contributed by atoms with Gasteiger partial charge in [0.2, 0.25) is 0 Å². The van der Waals surface area contributed by atoms with Crippen molar-refractivity contribution in [2.75, 3.05) is 20.3 Å². The van der Waals surface area contributed by atoms with Crippen molar-refractivity contribution in [3.8, 4) is 5.75 Å². The Morgan fingerprint density at radius 2 is 1.58 bits per heavy atom. The average Bonchev–Trinajstić information content (AvgIpc) is 2.78. The summed E-state index contributed by atoms with van der Waals surface area (Å²) in [7, 11) is -2.51. The normalized spacial score (nSPS) is 11.2. The molecule has 0 spiro atoms. The van der Waals surface area contributed by atoms with E-state index in [0.29, 0.717) is 25.3 Å². The smallest absolute Gasteiger partial charge is 0.339 e. The van der Waals surface area contributed by atoms with Crippen molar-refractivity contribution in [3.05, 3.63) is 95.8 Å². The third-order valence-corrected chi connectivity index (χ3v) is 5.74. The van der Waals surface area contributed by atoms with E-state index in [1.807, 2.05) is 6.07 Å². The van der Waals surface area contributed by atoms with Gasteiger partial charge in [0.05, 0.1) is 6.61 Å². The fourth-order valence-corrected chi connectivity index (χ4v) is 3.79. The Morgan fingerprint density at radius 1 is 0.935 bits per heavy atom. The van der Waals surface area contributed by atoms with Gasteiger partial charge in [0.25, 0.3) is 5.91 Å². The van der Waals surface area contributed by atoms with Gasteiger partial charge in [0.15, 0.2) is 0 Å². The van der Waals surface area contributed by atoms with E-state index in [1.54, 1.807) is 48.4 Å². The fraction of sp³-hybridized carbons (Fsp3) is 0.174. The maximum atomic E-state index is 13.0. The number of ether oxygens (including phenoxy) is 1. The predicted molar refractivity (Wildman–Crippen MR) is 114 cm³/mol. The monoisotopic (exact) mass is 443 g/mol. The predicted octanol–water partition coefficient (Wildman–Crippen LogP) is 3.88. The van der Waals surface area contributed by atoms with Crippen molar-refractivity contribution >= 4 is 16.0 Å². The van der Waals surface area contributed by atoms with Gasteiger partial charge in [-0.25, -0.2) is 4.39 Å². The van der Waals surface area contributed by atoms with Crippen LogP contribution in [0.4, 0.5) is 4.39 Å². The van der Waals surface area contributed by atoms with E-state index in [9.17, 15) is 17.6 Å². The maximum Gasteiger partial charge on any atom is 0.339 e. The van der Waals surface area contributed by atoms with Crippen LogP contribution < -0.4 is 4.18 Å². The number of hydrogen-bond donors (Lipinski definition) is 0. The van der Waals surface area contributed by atoms with E-state index in [-0.39, 0.29) is 16.6 Å². The zero-order valence-electron chi connectivity index (χ0n) is 16.9. The van der Waals surface area contributed by atoms with Crippen LogP contribution in [0.2, 0.25) is 0 Å². The molecule has 0 radical (unpaired) electrons. The first-order chi connectivity index (χ1) is 14.9. The summed E-state index contributed by atoms with van der Waals surface area (Å²) < 4.78 is 47.9. The Morgan fingerprint density at radius 3 is 2.19 bits per heavy atom. The molecule has 8 heteroatoms. The minimum absolute atomic E-state index is 0.117. The van der Waals surface area contributed by atoms with E-state index in [2.05, 4.69) is 0 Å². The molecule has 0 atom stereocenters. The van der Waals surface area contributed by atoms with Gasteiger partial charge in [-0.3, -0.25) is 4.79 Å². The number of hydrogen-bond acceptors (Lipinski definition) is 5. The van der Waals surface area contributed by atoms with Crippen LogP contribution in [-0.2, 0) is 21.4 Å². The Hall–Kier alpha value is -3.23. The number of methoxy groups -OCH3 is 1. The molecule has 162 valence electrons. The van der Waals surface area contributed by atoms with Crippen molar-refractivity contribution in [2.45, 2.75) is 11.4 Å². The second-order valence-electron chi connectivity index (χ2n) is 6.72. The Labute approximate surface area is 181 Å². The molecule has 3 rings (SSSR count). The first-order valence-corrected chi connectivity index (χ1v) is 10.9. The first-order valence-electron chi connectivity index (χ1n) is 9.51. The molecule has 0 heterocycles. The molecule has 3 aromatic rings. The summed E-state index contributed by atoms with van der Waals surface area (Å²) in [5.41, 5.74) is 1.37. The molecule has 0 saturated carbocycles. The van der Waals surface area contributed by atoms with Gasteiger partial charge >= 0.3 is 10.1 Å². The van der Waals surface area contributed by atoms with Crippen LogP contribution in [0, 0.1) is 5.82 Å². The second-order valence-corrected chi connectivity index (χ2v) is 8.27. The quantitative estimate of drug-likeness (QED) is 0.469. The number of amides is 1. The first kappa shape index (κ1) is 22.5. The zero-order valence-corrected chi connectivity index (χ0v) is 17.7. The van der Waals surface area contributed by atoms with Crippen LogP contribution in [0.3, 0.4) is 0 Å². The summed E-state index contributed by atoms with van der Waals surface area (Å²) in [4.78, 5) is 14.3. The molecule has 6 nitrogen and oxygen atoms in total. The lowest BCUT2D eigenvalue weighted by Gasteiger charge is -2.23. The number of carbonyl (C=O) groups is 1. The fourth-order valence-electron chi connectivity index (χ4n) is 2.86. The molecular weight excluding hydrogens is 421 g/mol. The van der Waals surface area contributed by atoms with Crippen molar-refractivity contribution in [1.82, 2.24) is 4.90 Å². The summed E-state index contributed by atoms with van der Waals surface area (Å²) >= 11 is 0. The lowest BCUT2D eigenvalue weighted by Crippen LogP contribution is -2.33. The van der Waals surface area contributed by atoms with E-state index in [0.717, 1.165) is 29.8 Å². The summed E-state index contributed by atoms with van der Waals surface area (Å²) in [6.07, 6.45) is 0. The molecular formula is C23H22FNO5S. The molecule has 0 aromatic heterocycles. The van der Waals surface area contributed by atoms with Crippen LogP contribution in [0.5, 0.6) is 5.75 Å². The Kier molecular flexibility index (Phi) is 7.38. The van der Waals surface area contributed by atoms with Crippen LogP contribution in [0.25, 0.3) is 0 Å². The molecule has 31 heavy (non-hydrogen) atoms. The van der Waals surface area contributed by atoms with Gasteiger partial charge < -0.3 is 13.8 Å². The van der Waals surface area contributed by atoms with Crippen molar-refractivity contribution in [2.24, 2.45) is 0 Å². The molecule has 0 fully saturated rings. The van der Waals surface area contributed by atoms with Crippen LogP contribution >= 0.6 is 0 Å². The van der Waals surface area contributed by atoms with E-state index >= 15 is 0 Å². The number of carbonyl (C=O) groups excluding carboxylic acids is 1. The maximum absolute atomic E-state index is 13.0. The molecule has 0 unspecified atom stereocenters. The lowest BCUT2D eigenvalue weighted by atomic mass is 10.1. The Balaban J connectivity index is 1.71. The largest absolute Gasteiger partial charge is 0.383 e. The highest BCUT2D eigenvalue weighted by Gasteiger charge is 2.18. The molecule has 0 bridgehead atoms. The zero-order chi connectivity index (χ0) is 22.3. The molecule has 0 aliphatic carbocycles. The van der Waals surface area contributed by atoms with Crippen molar-refractivity contribution in [1.29, 1.82) is 0 Å². The van der Waals surface area contributed by atoms with Crippen LogP contribution in [0.1, 0.15) is 15.9 Å². The van der Waals surface area contributed by atoms with E-state index in [1.165, 1.54) is 12.1 Å². The minimum atomic E-state index is -4.08. The van der Waals surface area contributed by atoms with Gasteiger partial charge in [-0.2, -0.15) is 8.42 Å². The van der Waals surface area contributed by atoms with Crippen molar-refractivity contribution < 1.29 is 26.5 Å². The molecule has 1 amide bonds. The topological polar surface area (TPSA) is 72.9 Å². The number of rotatable bonds is 9. The highest BCUT2D eigenvalue weighted by molar-refractivity contribution is 7.87. The Bertz CT molecular complexity index is 1100. The third kappa shape index (κ3) is 6.13. The van der Waals surface area contributed by atoms with Gasteiger partial charge in [0.1, 0.15) is 16.5 Å². The molecule has 0 saturated heterocycles. The summed E-state index contributed by atoms with van der Waals surface area (Å²) in [6.45, 7) is 1.11. The van der Waals surface area contributed by atoms with Crippen LogP contribution in [0.15, 0.2) is 83.8 Å². The summed E-state index contributed by atoms with van der Waals surface area (Å²) in [5.74, 6) is -0.547. The molecule has 3 aromatic carbocycles. The number of benzene rings is 3. The molecule has 0 aliphatic heterocycles. The minimum Gasteiger partial charge on any atom is -0.383 e. The average molecular weight is 443 g/mol. The van der Waals surface area contributed by atoms with E-state index in [4.69, 9.17) is 8.92 Å². The SMILES string of the molecule is COCCN(Cc1ccc(OS(=O)(=O)c2ccc(F)cc2)cc1)C(=O)c1ccccc1. The summed E-state index contributed by atoms with van der Waals surface area (Å²) in [6, 6.07) is 19.7. The third-order valence-electron chi connectivity index (χ3n) is 4.48. The highest BCUT2D eigenvalue weighted by Crippen LogP contribution is 2.20. The van der Waals surface area contributed by atoms with Gasteiger partial charge in [0, 0.05) is 25.8 Å². The van der Waals surface area contributed by atoms with Gasteiger partial charge in [-0.1, -0.05) is 30.3 Å². The standard InChI is InChI=1S/C23H22FNO5S/c1-29-16-15-25(23(26)19-5-3-2-4-6-19)17-18-7-11-21(12-8-18)30-31(27,28)22-13-9-20(24)10-14-22/h2-14H,15-17H2,1H3. The molecule has 0 aliphatic rings. The highest BCUT2D eigenvalue weighted by atomic mass is 32.2. The number of nitrogens with zero attached hydrogens (tertiary/aromatic N) is 1. The van der Waals surface area contributed by atoms with Crippen LogP contribution in [-0.4, -0.2) is 39.5 Å². The van der Waals surface area contributed by atoms with E-state index < -0.39 is 15.9 Å². The van der Waals surface area contributed by atoms with Gasteiger partial charge in [-0.05, 0) is 54.1 Å². The number of halogens is 1. The van der Waals surface area contributed by atoms with Crippen molar-refractivity contribution in [3.63, 3.8) is 0 Å². The summed E-state index contributed by atoms with van der Waals surface area (Å²) in [5, 5.41) is 0. The second kappa shape index (κ2) is 10.2. The van der Waals surface area contributed by atoms with Gasteiger partial charge in [-0.15, -0.1) is 0 Å². The molecule has 0 N–H and O–H groups in total.